The first kappa shape index (κ1) is 39.0. The second kappa shape index (κ2) is 35.8. The molecule has 0 aromatic carbocycles. The van der Waals surface area contributed by atoms with Gasteiger partial charge in [0, 0.05) is 25.3 Å². The zero-order valence-electron chi connectivity index (χ0n) is 25.7. The van der Waals surface area contributed by atoms with E-state index in [2.05, 4.69) is 13.8 Å². The van der Waals surface area contributed by atoms with Crippen LogP contribution in [0.25, 0.3) is 0 Å². The van der Waals surface area contributed by atoms with Crippen molar-refractivity contribution in [1.29, 1.82) is 0 Å². The molecular weight excluding hydrogens is 456 g/mol. The summed E-state index contributed by atoms with van der Waals surface area (Å²) < 4.78 is 0. The normalized spacial score (nSPS) is 12.8. The molecule has 2 unspecified atom stereocenters. The van der Waals surface area contributed by atoms with Crippen LogP contribution in [-0.2, 0) is 0 Å². The zero-order valence-corrected chi connectivity index (χ0v) is 25.7. The van der Waals surface area contributed by atoms with E-state index in [4.69, 9.17) is 21.7 Å². The molecule has 0 fully saturated rings. The van der Waals surface area contributed by atoms with E-state index >= 15 is 0 Å². The minimum Gasteiger partial charge on any atom is -0.396 e. The molecule has 0 aliphatic heterocycles. The van der Waals surface area contributed by atoms with E-state index in [0.717, 1.165) is 25.7 Å². The van der Waals surface area contributed by atoms with Crippen LogP contribution in [0, 0.1) is 0 Å². The van der Waals surface area contributed by atoms with Gasteiger partial charge in [-0.2, -0.15) is 0 Å². The summed E-state index contributed by atoms with van der Waals surface area (Å²) in [6.07, 6.45) is 35.5. The van der Waals surface area contributed by atoms with Gasteiger partial charge in [0.05, 0.1) is 0 Å². The van der Waals surface area contributed by atoms with Crippen LogP contribution < -0.4 is 11.5 Å². The molecule has 0 aromatic rings. The zero-order chi connectivity index (χ0) is 27.7. The number of unbranched alkanes of at least 4 members (excludes halogenated alkanes) is 21. The smallest absolute Gasteiger partial charge is 0.0445 e. The third kappa shape index (κ3) is 38.1. The van der Waals surface area contributed by atoms with Crippen LogP contribution in [-0.4, -0.2) is 35.5 Å². The lowest BCUT2D eigenvalue weighted by Gasteiger charge is -2.09. The highest BCUT2D eigenvalue weighted by molar-refractivity contribution is 4.61. The van der Waals surface area contributed by atoms with E-state index in [0.29, 0.717) is 0 Å². The van der Waals surface area contributed by atoms with Crippen molar-refractivity contribution in [3.05, 3.63) is 0 Å². The van der Waals surface area contributed by atoms with Crippen molar-refractivity contribution in [3.63, 3.8) is 0 Å². The Kier molecular flexibility index (Phi) is 37.8. The predicted octanol–water partition coefficient (Wildman–Crippen LogP) is 9.18. The lowest BCUT2D eigenvalue weighted by molar-refractivity contribution is 0.271. The summed E-state index contributed by atoms with van der Waals surface area (Å²) in [7, 11) is 0. The monoisotopic (exact) mass is 529 g/mol. The van der Waals surface area contributed by atoms with Crippen molar-refractivity contribution >= 4 is 0 Å². The summed E-state index contributed by atoms with van der Waals surface area (Å²) in [5.41, 5.74) is 11.7. The van der Waals surface area contributed by atoms with Crippen LogP contribution >= 0.6 is 0 Å². The quantitative estimate of drug-likeness (QED) is 0.0728. The maximum absolute atomic E-state index is 8.75. The molecule has 0 saturated heterocycles. The molecule has 4 heteroatoms. The average Bonchev–Trinajstić information content (AvgIpc) is 2.88. The third-order valence-electron chi connectivity index (χ3n) is 7.61. The molecule has 0 heterocycles. The van der Waals surface area contributed by atoms with E-state index in [9.17, 15) is 0 Å². The Morgan fingerprint density at radius 3 is 0.784 bits per heavy atom. The maximum atomic E-state index is 8.75. The van der Waals surface area contributed by atoms with Gasteiger partial charge in [-0.1, -0.05) is 162 Å². The van der Waals surface area contributed by atoms with Gasteiger partial charge in [-0.05, 0) is 25.7 Å². The van der Waals surface area contributed by atoms with Gasteiger partial charge in [0.1, 0.15) is 0 Å². The maximum Gasteiger partial charge on any atom is 0.0445 e. The van der Waals surface area contributed by atoms with E-state index in [1.807, 2.05) is 0 Å². The molecule has 0 radical (unpaired) electrons. The molecule has 4 nitrogen and oxygen atoms in total. The summed E-state index contributed by atoms with van der Waals surface area (Å²) in [5.74, 6) is 0. The Morgan fingerprint density at radius 1 is 0.351 bits per heavy atom. The minimum atomic E-state index is 0.216. The van der Waals surface area contributed by atoms with Crippen LogP contribution in [0.3, 0.4) is 0 Å². The van der Waals surface area contributed by atoms with Crippen LogP contribution in [0.1, 0.15) is 187 Å². The second-order valence-electron chi connectivity index (χ2n) is 11.5. The Labute approximate surface area is 234 Å². The van der Waals surface area contributed by atoms with E-state index in [1.165, 1.54) is 148 Å². The number of rotatable bonds is 29. The molecule has 2 atom stereocenters. The van der Waals surface area contributed by atoms with Gasteiger partial charge >= 0.3 is 0 Å². The summed E-state index contributed by atoms with van der Waals surface area (Å²) in [4.78, 5) is 0. The Bertz CT molecular complexity index is 381. The standard InChI is InChI=1S/C17H37NO.C16H35NO/c1-2-3-4-5-6-7-8-9-10-11-12-13-14-17(18)15-16-19;1-2-3-4-5-6-7-8-9-10-11-12-13-16(17)14-15-18/h17,19H,2-16,18H2,1H3;16,18H,2-15,17H2,1H3. The second-order valence-corrected chi connectivity index (χ2v) is 11.5. The first-order chi connectivity index (χ1) is 18.1. The molecule has 0 saturated carbocycles. The molecule has 0 amide bonds. The molecule has 0 bridgehead atoms. The van der Waals surface area contributed by atoms with Crippen molar-refractivity contribution in [2.75, 3.05) is 13.2 Å². The van der Waals surface area contributed by atoms with Gasteiger partial charge in [-0.15, -0.1) is 0 Å². The fraction of sp³-hybridized carbons (Fsp3) is 1.00. The summed E-state index contributed by atoms with van der Waals surface area (Å²) in [6.45, 7) is 5.02. The SMILES string of the molecule is CCCCCCCCCCCCCC(N)CCO.CCCCCCCCCCCCCCC(N)CCO. The van der Waals surface area contributed by atoms with E-state index < -0.39 is 0 Å². The van der Waals surface area contributed by atoms with Crippen molar-refractivity contribution < 1.29 is 10.2 Å². The number of aliphatic hydroxyl groups excluding tert-OH is 2. The van der Waals surface area contributed by atoms with Crippen LogP contribution in [0.2, 0.25) is 0 Å². The van der Waals surface area contributed by atoms with Gasteiger partial charge in [0.25, 0.3) is 0 Å². The van der Waals surface area contributed by atoms with Crippen molar-refractivity contribution in [3.8, 4) is 0 Å². The summed E-state index contributed by atoms with van der Waals surface area (Å²) in [6, 6.07) is 0.432. The first-order valence-electron chi connectivity index (χ1n) is 16.8. The van der Waals surface area contributed by atoms with Gasteiger partial charge in [0.2, 0.25) is 0 Å². The molecule has 226 valence electrons. The van der Waals surface area contributed by atoms with Crippen LogP contribution in [0.15, 0.2) is 0 Å². The van der Waals surface area contributed by atoms with E-state index in [1.54, 1.807) is 0 Å². The highest BCUT2D eigenvalue weighted by Crippen LogP contribution is 2.14. The number of hydrogen-bond donors (Lipinski definition) is 4. The van der Waals surface area contributed by atoms with Crippen molar-refractivity contribution in [1.82, 2.24) is 0 Å². The first-order valence-corrected chi connectivity index (χ1v) is 16.8. The molecule has 0 aromatic heterocycles. The van der Waals surface area contributed by atoms with Crippen molar-refractivity contribution in [2.24, 2.45) is 11.5 Å². The predicted molar refractivity (Wildman–Crippen MR) is 166 cm³/mol. The summed E-state index contributed by atoms with van der Waals surface area (Å²) >= 11 is 0. The number of nitrogens with two attached hydrogens (primary N) is 2. The topological polar surface area (TPSA) is 92.5 Å². The largest absolute Gasteiger partial charge is 0.396 e. The van der Waals surface area contributed by atoms with Crippen LogP contribution in [0.5, 0.6) is 0 Å². The molecule has 0 spiro atoms. The van der Waals surface area contributed by atoms with Gasteiger partial charge in [-0.3, -0.25) is 0 Å². The average molecular weight is 529 g/mol. The molecular formula is C33H72N2O2. The highest BCUT2D eigenvalue weighted by atomic mass is 16.3. The molecule has 0 rings (SSSR count). The van der Waals surface area contributed by atoms with Gasteiger partial charge < -0.3 is 21.7 Å². The number of hydrogen-bond acceptors (Lipinski definition) is 4. The summed E-state index contributed by atoms with van der Waals surface area (Å²) in [5, 5.41) is 17.5. The Balaban J connectivity index is 0. The molecule has 37 heavy (non-hydrogen) atoms. The molecule has 6 N–H and O–H groups in total. The Hall–Kier alpha value is -0.160. The van der Waals surface area contributed by atoms with Crippen LogP contribution in [0.4, 0.5) is 0 Å². The fourth-order valence-corrected chi connectivity index (χ4v) is 4.94. The fourth-order valence-electron chi connectivity index (χ4n) is 4.94. The third-order valence-corrected chi connectivity index (χ3v) is 7.61. The Morgan fingerprint density at radius 2 is 0.568 bits per heavy atom. The lowest BCUT2D eigenvalue weighted by atomic mass is 10.0. The van der Waals surface area contributed by atoms with Gasteiger partial charge in [-0.25, -0.2) is 0 Å². The number of aliphatic hydroxyl groups is 2. The van der Waals surface area contributed by atoms with Gasteiger partial charge in [0.15, 0.2) is 0 Å². The highest BCUT2D eigenvalue weighted by Gasteiger charge is 2.01. The molecule has 0 aliphatic rings. The van der Waals surface area contributed by atoms with E-state index in [-0.39, 0.29) is 25.3 Å². The minimum absolute atomic E-state index is 0.216. The van der Waals surface area contributed by atoms with Crippen molar-refractivity contribution in [2.45, 2.75) is 199 Å². The molecule has 0 aliphatic carbocycles. The lowest BCUT2D eigenvalue weighted by Crippen LogP contribution is -2.20.